The summed E-state index contributed by atoms with van der Waals surface area (Å²) in [5.74, 6) is -1.47. The third-order valence-electron chi connectivity index (χ3n) is 2.80. The SMILES string of the molecule is Cc1nc(C(=O)Nc2nc(C)c(C)s2)ccc1C(=O)O. The fourth-order valence-electron chi connectivity index (χ4n) is 1.60. The van der Waals surface area contributed by atoms with Crippen molar-refractivity contribution < 1.29 is 14.7 Å². The smallest absolute Gasteiger partial charge is 0.337 e. The Morgan fingerprint density at radius 3 is 2.35 bits per heavy atom. The number of hydrogen-bond acceptors (Lipinski definition) is 5. The van der Waals surface area contributed by atoms with Gasteiger partial charge in [-0.3, -0.25) is 10.1 Å². The first-order chi connectivity index (χ1) is 9.38. The van der Waals surface area contributed by atoms with Gasteiger partial charge in [0.25, 0.3) is 5.91 Å². The zero-order valence-electron chi connectivity index (χ0n) is 11.2. The van der Waals surface area contributed by atoms with Crippen molar-refractivity contribution in [2.24, 2.45) is 0 Å². The number of carbonyl (C=O) groups excluding carboxylic acids is 1. The van der Waals surface area contributed by atoms with E-state index in [0.29, 0.717) is 10.8 Å². The first kappa shape index (κ1) is 14.1. The fourth-order valence-corrected chi connectivity index (χ4v) is 2.41. The summed E-state index contributed by atoms with van der Waals surface area (Å²) in [4.78, 5) is 32.1. The second kappa shape index (κ2) is 5.38. The number of anilines is 1. The van der Waals surface area contributed by atoms with Gasteiger partial charge in [0.05, 0.1) is 17.0 Å². The molecule has 0 spiro atoms. The van der Waals surface area contributed by atoms with Gasteiger partial charge in [-0.15, -0.1) is 11.3 Å². The molecule has 0 aromatic carbocycles. The van der Waals surface area contributed by atoms with E-state index >= 15 is 0 Å². The molecule has 2 N–H and O–H groups in total. The van der Waals surface area contributed by atoms with Gasteiger partial charge >= 0.3 is 5.97 Å². The standard InChI is InChI=1S/C13H13N3O3S/c1-6-8(3)20-13(15-6)16-11(17)10-5-4-9(12(18)19)7(2)14-10/h4-5H,1-3H3,(H,18,19)(H,15,16,17). The van der Waals surface area contributed by atoms with Crippen molar-refractivity contribution in [1.82, 2.24) is 9.97 Å². The van der Waals surface area contributed by atoms with Gasteiger partial charge in [0.15, 0.2) is 5.13 Å². The summed E-state index contributed by atoms with van der Waals surface area (Å²) in [6.07, 6.45) is 0. The normalized spacial score (nSPS) is 10.3. The molecule has 1 amide bonds. The van der Waals surface area contributed by atoms with Crippen LogP contribution in [0.15, 0.2) is 12.1 Å². The first-order valence-corrected chi connectivity index (χ1v) is 6.66. The van der Waals surface area contributed by atoms with Gasteiger partial charge in [0.1, 0.15) is 5.69 Å². The minimum Gasteiger partial charge on any atom is -0.478 e. The Kier molecular flexibility index (Phi) is 3.80. The predicted molar refractivity (Wildman–Crippen MR) is 75.5 cm³/mol. The quantitative estimate of drug-likeness (QED) is 0.906. The Hall–Kier alpha value is -2.28. The summed E-state index contributed by atoms with van der Waals surface area (Å²) in [5.41, 5.74) is 1.42. The number of amides is 1. The zero-order chi connectivity index (χ0) is 14.9. The van der Waals surface area contributed by atoms with Crippen molar-refractivity contribution in [2.75, 3.05) is 5.32 Å². The van der Waals surface area contributed by atoms with Crippen LogP contribution in [-0.2, 0) is 0 Å². The van der Waals surface area contributed by atoms with Gasteiger partial charge in [0, 0.05) is 4.88 Å². The van der Waals surface area contributed by atoms with E-state index in [4.69, 9.17) is 5.11 Å². The largest absolute Gasteiger partial charge is 0.478 e. The Balaban J connectivity index is 2.21. The molecule has 104 valence electrons. The molecule has 2 aromatic rings. The van der Waals surface area contributed by atoms with E-state index in [1.807, 2.05) is 13.8 Å². The molecule has 0 fully saturated rings. The molecule has 0 bridgehead atoms. The van der Waals surface area contributed by atoms with E-state index in [2.05, 4.69) is 15.3 Å². The predicted octanol–water partition coefficient (Wildman–Crippen LogP) is 2.41. The molecule has 2 heterocycles. The van der Waals surface area contributed by atoms with Crippen molar-refractivity contribution in [2.45, 2.75) is 20.8 Å². The molecule has 20 heavy (non-hydrogen) atoms. The average Bonchev–Trinajstić information content (AvgIpc) is 2.67. The maximum atomic E-state index is 12.0. The van der Waals surface area contributed by atoms with Gasteiger partial charge in [-0.05, 0) is 32.9 Å². The van der Waals surface area contributed by atoms with Crippen molar-refractivity contribution in [1.29, 1.82) is 0 Å². The maximum absolute atomic E-state index is 12.0. The summed E-state index contributed by atoms with van der Waals surface area (Å²) < 4.78 is 0. The van der Waals surface area contributed by atoms with Gasteiger partial charge in [-0.2, -0.15) is 0 Å². The van der Waals surface area contributed by atoms with E-state index < -0.39 is 11.9 Å². The Morgan fingerprint density at radius 1 is 1.15 bits per heavy atom. The topological polar surface area (TPSA) is 92.2 Å². The van der Waals surface area contributed by atoms with Crippen LogP contribution in [0, 0.1) is 20.8 Å². The molecule has 0 saturated heterocycles. The average molecular weight is 291 g/mol. The lowest BCUT2D eigenvalue weighted by Gasteiger charge is -2.04. The lowest BCUT2D eigenvalue weighted by Crippen LogP contribution is -2.15. The second-order valence-corrected chi connectivity index (χ2v) is 5.45. The molecular weight excluding hydrogens is 278 g/mol. The summed E-state index contributed by atoms with van der Waals surface area (Å²) in [6, 6.07) is 2.76. The van der Waals surface area contributed by atoms with Crippen LogP contribution in [0.2, 0.25) is 0 Å². The zero-order valence-corrected chi connectivity index (χ0v) is 12.0. The van der Waals surface area contributed by atoms with E-state index in [1.54, 1.807) is 6.92 Å². The molecule has 0 atom stereocenters. The monoisotopic (exact) mass is 291 g/mol. The fraction of sp³-hybridized carbons (Fsp3) is 0.231. The van der Waals surface area contributed by atoms with E-state index in [0.717, 1.165) is 10.6 Å². The third kappa shape index (κ3) is 2.83. The minimum atomic E-state index is -1.06. The van der Waals surface area contributed by atoms with E-state index in [1.165, 1.54) is 23.5 Å². The number of aromatic carboxylic acids is 1. The number of nitrogens with one attached hydrogen (secondary N) is 1. The lowest BCUT2D eigenvalue weighted by atomic mass is 10.2. The number of carbonyl (C=O) groups is 2. The van der Waals surface area contributed by atoms with Crippen LogP contribution in [0.5, 0.6) is 0 Å². The highest BCUT2D eigenvalue weighted by atomic mass is 32.1. The highest BCUT2D eigenvalue weighted by Crippen LogP contribution is 2.21. The van der Waals surface area contributed by atoms with E-state index in [-0.39, 0.29) is 11.3 Å². The summed E-state index contributed by atoms with van der Waals surface area (Å²) >= 11 is 1.38. The van der Waals surface area contributed by atoms with Crippen LogP contribution >= 0.6 is 11.3 Å². The summed E-state index contributed by atoms with van der Waals surface area (Å²) in [7, 11) is 0. The first-order valence-electron chi connectivity index (χ1n) is 5.85. The molecule has 2 aromatic heterocycles. The molecular formula is C13H13N3O3S. The Labute approximate surface area is 119 Å². The third-order valence-corrected chi connectivity index (χ3v) is 3.79. The molecule has 2 rings (SSSR count). The number of hydrogen-bond donors (Lipinski definition) is 2. The minimum absolute atomic E-state index is 0.0856. The molecule has 6 nitrogen and oxygen atoms in total. The van der Waals surface area contributed by atoms with Crippen LogP contribution in [0.25, 0.3) is 0 Å². The number of aromatic nitrogens is 2. The molecule has 0 aliphatic rings. The van der Waals surface area contributed by atoms with Gasteiger partial charge in [-0.25, -0.2) is 14.8 Å². The van der Waals surface area contributed by atoms with Crippen molar-refractivity contribution in [3.63, 3.8) is 0 Å². The lowest BCUT2D eigenvalue weighted by molar-refractivity contribution is 0.0695. The molecule has 0 aliphatic heterocycles. The van der Waals surface area contributed by atoms with Crippen molar-refractivity contribution >= 4 is 28.3 Å². The molecule has 0 saturated carbocycles. The highest BCUT2D eigenvalue weighted by Gasteiger charge is 2.14. The van der Waals surface area contributed by atoms with Crippen molar-refractivity contribution in [3.8, 4) is 0 Å². The number of nitrogens with zero attached hydrogens (tertiary/aromatic N) is 2. The van der Waals surface area contributed by atoms with Crippen LogP contribution in [0.3, 0.4) is 0 Å². The highest BCUT2D eigenvalue weighted by molar-refractivity contribution is 7.15. The maximum Gasteiger partial charge on any atom is 0.337 e. The summed E-state index contributed by atoms with van der Waals surface area (Å²) in [5, 5.41) is 12.1. The number of thiazole rings is 1. The van der Waals surface area contributed by atoms with Crippen LogP contribution < -0.4 is 5.32 Å². The Morgan fingerprint density at radius 2 is 1.85 bits per heavy atom. The van der Waals surface area contributed by atoms with Crippen molar-refractivity contribution in [3.05, 3.63) is 39.7 Å². The molecule has 7 heteroatoms. The van der Waals surface area contributed by atoms with E-state index in [9.17, 15) is 9.59 Å². The summed E-state index contributed by atoms with van der Waals surface area (Å²) in [6.45, 7) is 5.34. The number of aryl methyl sites for hydroxylation is 3. The van der Waals surface area contributed by atoms with Crippen LogP contribution in [0.1, 0.15) is 37.1 Å². The van der Waals surface area contributed by atoms with Crippen LogP contribution in [0.4, 0.5) is 5.13 Å². The van der Waals surface area contributed by atoms with Gasteiger partial charge < -0.3 is 5.11 Å². The van der Waals surface area contributed by atoms with Gasteiger partial charge in [-0.1, -0.05) is 0 Å². The number of pyridine rings is 1. The second-order valence-electron chi connectivity index (χ2n) is 4.25. The van der Waals surface area contributed by atoms with Gasteiger partial charge in [0.2, 0.25) is 0 Å². The molecule has 0 aliphatic carbocycles. The number of carboxylic acid groups (broad SMARTS) is 1. The molecule has 0 unspecified atom stereocenters. The number of carboxylic acids is 1. The molecule has 0 radical (unpaired) electrons. The Bertz CT molecular complexity index is 675. The van der Waals surface area contributed by atoms with Crippen LogP contribution in [-0.4, -0.2) is 27.0 Å². The number of rotatable bonds is 3.